The van der Waals surface area contributed by atoms with Gasteiger partial charge in [0, 0.05) is 51.9 Å². The van der Waals surface area contributed by atoms with Crippen molar-refractivity contribution in [3.05, 3.63) is 89.9 Å². The highest BCUT2D eigenvalue weighted by molar-refractivity contribution is 6.32. The minimum absolute atomic E-state index is 0.138. The van der Waals surface area contributed by atoms with Gasteiger partial charge >= 0.3 is 0 Å². The monoisotopic (exact) mass is 390 g/mol. The first-order valence-corrected chi connectivity index (χ1v) is 8.73. The molecule has 29 heavy (non-hydrogen) atoms. The van der Waals surface area contributed by atoms with Gasteiger partial charge in [-0.05, 0) is 29.8 Å². The Bertz CT molecular complexity index is 1260. The van der Waals surface area contributed by atoms with Crippen molar-refractivity contribution in [2.24, 2.45) is 5.73 Å². The van der Waals surface area contributed by atoms with Gasteiger partial charge < -0.3 is 16.5 Å². The van der Waals surface area contributed by atoms with Gasteiger partial charge in [0.15, 0.2) is 17.4 Å². The molecule has 0 amide bonds. The number of pyridine rings is 1. The smallest absolute Gasteiger partial charge is 0.197 e. The summed E-state index contributed by atoms with van der Waals surface area (Å²) in [6.07, 6.45) is 4.13. The summed E-state index contributed by atoms with van der Waals surface area (Å²) in [6.45, 7) is 0. The molecule has 2 heterocycles. The van der Waals surface area contributed by atoms with Crippen LogP contribution in [0.2, 0.25) is 0 Å². The molecule has 2 aromatic heterocycles. The highest BCUT2D eigenvalue weighted by Gasteiger charge is 2.22. The molecule has 2 aromatic carbocycles. The number of fused-ring (bicyclic) bond motifs is 1. The molecule has 0 bridgehead atoms. The normalized spacial score (nSPS) is 11.7. The third kappa shape index (κ3) is 3.23. The summed E-state index contributed by atoms with van der Waals surface area (Å²) >= 11 is 0. The van der Waals surface area contributed by atoms with Gasteiger partial charge in [-0.25, -0.2) is 13.8 Å². The number of benzene rings is 2. The molecule has 5 nitrogen and oxygen atoms in total. The summed E-state index contributed by atoms with van der Waals surface area (Å²) in [6, 6.07) is 12.6. The number of carbonyl (C=O) groups excluding carboxylic acids is 1. The molecule has 0 aliphatic heterocycles. The summed E-state index contributed by atoms with van der Waals surface area (Å²) in [5.74, 6) is -2.72. The fourth-order valence-corrected chi connectivity index (χ4v) is 3.17. The van der Waals surface area contributed by atoms with E-state index in [1.165, 1.54) is 18.3 Å². The number of allylic oxidation sites excluding steroid dienone is 1. The molecule has 0 aliphatic carbocycles. The van der Waals surface area contributed by atoms with Crippen molar-refractivity contribution >= 4 is 28.1 Å². The van der Waals surface area contributed by atoms with Crippen molar-refractivity contribution in [1.82, 2.24) is 9.97 Å². The highest BCUT2D eigenvalue weighted by Crippen LogP contribution is 2.29. The molecule has 4 aromatic rings. The first-order valence-electron chi connectivity index (χ1n) is 8.73. The van der Waals surface area contributed by atoms with Crippen LogP contribution < -0.4 is 11.5 Å². The lowest BCUT2D eigenvalue weighted by Crippen LogP contribution is -2.07. The van der Waals surface area contributed by atoms with E-state index in [9.17, 15) is 13.6 Å². The van der Waals surface area contributed by atoms with Crippen molar-refractivity contribution in [3.63, 3.8) is 0 Å². The number of aromatic amines is 1. The van der Waals surface area contributed by atoms with Crippen molar-refractivity contribution in [2.45, 2.75) is 0 Å². The second-order valence-corrected chi connectivity index (χ2v) is 6.46. The zero-order valence-electron chi connectivity index (χ0n) is 15.1. The van der Waals surface area contributed by atoms with Gasteiger partial charge in [-0.2, -0.15) is 0 Å². The van der Waals surface area contributed by atoms with Crippen molar-refractivity contribution < 1.29 is 13.6 Å². The van der Waals surface area contributed by atoms with Crippen molar-refractivity contribution in [1.29, 1.82) is 0 Å². The molecule has 0 aliphatic rings. The van der Waals surface area contributed by atoms with Crippen LogP contribution >= 0.6 is 0 Å². The van der Waals surface area contributed by atoms with Gasteiger partial charge in [0.1, 0.15) is 5.65 Å². The van der Waals surface area contributed by atoms with Crippen LogP contribution in [0.1, 0.15) is 15.9 Å². The number of hydrogen-bond donors (Lipinski definition) is 3. The van der Waals surface area contributed by atoms with Crippen LogP contribution in [0.3, 0.4) is 0 Å². The van der Waals surface area contributed by atoms with Crippen LogP contribution in [0, 0.1) is 11.6 Å². The van der Waals surface area contributed by atoms with Crippen molar-refractivity contribution in [2.75, 3.05) is 5.73 Å². The maximum absolute atomic E-state index is 14.2. The SMILES string of the molecule is NC=C(C(=O)c1c[nH]c2ncc(-c3ccc(N)cc3)cc12)c1cccc(F)c1F. The molecular weight excluding hydrogens is 374 g/mol. The predicted octanol–water partition coefficient (Wildman–Crippen LogP) is 4.27. The van der Waals surface area contributed by atoms with Crippen LogP contribution in [0.4, 0.5) is 14.5 Å². The standard InChI is InChI=1S/C22H16F2N4O/c23-19-3-1-2-15(20(19)24)17(9-25)21(29)18-11-28-22-16(18)8-13(10-27-22)12-4-6-14(26)7-5-12/h1-11H,25-26H2,(H,27,28). The molecule has 0 saturated heterocycles. The zero-order chi connectivity index (χ0) is 20.5. The molecule has 4 rings (SSSR count). The maximum Gasteiger partial charge on any atom is 0.197 e. The first-order chi connectivity index (χ1) is 14.0. The first kappa shape index (κ1) is 18.4. The van der Waals surface area contributed by atoms with Crippen LogP contribution in [0.5, 0.6) is 0 Å². The minimum atomic E-state index is -1.13. The molecule has 0 atom stereocenters. The van der Waals surface area contributed by atoms with Gasteiger partial charge in [-0.1, -0.05) is 24.3 Å². The fraction of sp³-hybridized carbons (Fsp3) is 0. The topological polar surface area (TPSA) is 97.8 Å². The zero-order valence-corrected chi connectivity index (χ0v) is 15.1. The van der Waals surface area contributed by atoms with E-state index >= 15 is 0 Å². The molecule has 0 unspecified atom stereocenters. The number of nitrogens with two attached hydrogens (primary N) is 2. The maximum atomic E-state index is 14.2. The van der Waals surface area contributed by atoms with Crippen LogP contribution in [-0.2, 0) is 0 Å². The average molecular weight is 390 g/mol. The Morgan fingerprint density at radius 3 is 2.52 bits per heavy atom. The number of hydrogen-bond acceptors (Lipinski definition) is 4. The summed E-state index contributed by atoms with van der Waals surface area (Å²) in [5, 5.41) is 0.542. The van der Waals surface area contributed by atoms with E-state index < -0.39 is 17.4 Å². The van der Waals surface area contributed by atoms with Crippen LogP contribution in [0.15, 0.2) is 67.1 Å². The molecule has 0 fully saturated rings. The third-order valence-electron chi connectivity index (χ3n) is 4.67. The second kappa shape index (κ2) is 7.20. The Hall–Kier alpha value is -4.00. The summed E-state index contributed by atoms with van der Waals surface area (Å²) < 4.78 is 27.8. The van der Waals surface area contributed by atoms with E-state index in [4.69, 9.17) is 11.5 Å². The Kier molecular flexibility index (Phi) is 4.56. The number of nitrogen functional groups attached to an aromatic ring is 1. The van der Waals surface area contributed by atoms with E-state index in [0.29, 0.717) is 16.7 Å². The van der Waals surface area contributed by atoms with Gasteiger partial charge in [0.2, 0.25) is 0 Å². The van der Waals surface area contributed by atoms with E-state index in [0.717, 1.165) is 23.4 Å². The van der Waals surface area contributed by atoms with Gasteiger partial charge in [0.25, 0.3) is 0 Å². The lowest BCUT2D eigenvalue weighted by molar-refractivity contribution is 0.105. The quantitative estimate of drug-likeness (QED) is 0.275. The number of nitrogens with one attached hydrogen (secondary N) is 1. The number of Topliss-reactive ketones (excluding diaryl/α,β-unsaturated/α-hetero) is 1. The van der Waals surface area contributed by atoms with E-state index in [1.54, 1.807) is 24.4 Å². The number of nitrogens with zero attached hydrogens (tertiary/aromatic N) is 1. The number of anilines is 1. The summed E-state index contributed by atoms with van der Waals surface area (Å²) in [7, 11) is 0. The minimum Gasteiger partial charge on any atom is -0.404 e. The number of rotatable bonds is 4. The molecular formula is C22H16F2N4O. The van der Waals surface area contributed by atoms with E-state index in [2.05, 4.69) is 9.97 Å². The largest absolute Gasteiger partial charge is 0.404 e. The Morgan fingerprint density at radius 1 is 1.03 bits per heavy atom. The third-order valence-corrected chi connectivity index (χ3v) is 4.67. The number of halogens is 2. The average Bonchev–Trinajstić information content (AvgIpc) is 3.15. The molecule has 144 valence electrons. The molecule has 0 saturated carbocycles. The molecule has 0 spiro atoms. The number of carbonyl (C=O) groups is 1. The molecule has 0 radical (unpaired) electrons. The number of ketones is 1. The molecule has 7 heteroatoms. The van der Waals surface area contributed by atoms with Crippen molar-refractivity contribution in [3.8, 4) is 11.1 Å². The summed E-state index contributed by atoms with van der Waals surface area (Å²) in [4.78, 5) is 20.4. The van der Waals surface area contributed by atoms with Gasteiger partial charge in [0.05, 0.1) is 0 Å². The number of aromatic nitrogens is 2. The van der Waals surface area contributed by atoms with E-state index in [1.807, 2.05) is 12.1 Å². The molecule has 5 N–H and O–H groups in total. The van der Waals surface area contributed by atoms with Gasteiger partial charge in [-0.15, -0.1) is 0 Å². The Morgan fingerprint density at radius 2 is 1.79 bits per heavy atom. The Balaban J connectivity index is 1.80. The predicted molar refractivity (Wildman–Crippen MR) is 109 cm³/mol. The van der Waals surface area contributed by atoms with Gasteiger partial charge in [-0.3, -0.25) is 4.79 Å². The lowest BCUT2D eigenvalue weighted by Gasteiger charge is -2.08. The van der Waals surface area contributed by atoms with E-state index in [-0.39, 0.29) is 16.7 Å². The fourth-order valence-electron chi connectivity index (χ4n) is 3.17. The highest BCUT2D eigenvalue weighted by atomic mass is 19.2. The Labute approximate surface area is 164 Å². The second-order valence-electron chi connectivity index (χ2n) is 6.46. The van der Waals surface area contributed by atoms with Crippen LogP contribution in [0.25, 0.3) is 27.7 Å². The van der Waals surface area contributed by atoms with Crippen LogP contribution in [-0.4, -0.2) is 15.8 Å². The number of H-pyrrole nitrogens is 1. The summed E-state index contributed by atoms with van der Waals surface area (Å²) in [5.41, 5.74) is 14.0. The lowest BCUT2D eigenvalue weighted by atomic mass is 9.96.